The molecule has 0 amide bonds. The van der Waals surface area contributed by atoms with E-state index in [1.165, 1.54) is 199 Å². The first-order valence-electron chi connectivity index (χ1n) is 40.0. The lowest BCUT2D eigenvalue weighted by Crippen LogP contribution is -2.52. The number of nitrogens with two attached hydrogens (primary N) is 3. The number of aliphatic hydroxyl groups is 6. The monoisotopic (exact) mass is 1370 g/mol. The minimum absolute atomic E-state index is 0.136. The van der Waals surface area contributed by atoms with E-state index in [0.29, 0.717) is 50.0 Å². The Balaban J connectivity index is 0.000000963. The van der Waals surface area contributed by atoms with Crippen LogP contribution in [0, 0.1) is 46.3 Å². The zero-order valence-corrected chi connectivity index (χ0v) is 64.5. The molecule has 0 aliphatic heterocycles. The van der Waals surface area contributed by atoms with Gasteiger partial charge >= 0.3 is 0 Å². The molecule has 0 saturated heterocycles. The molecular weight excluding hydrogens is 1210 g/mol. The van der Waals surface area contributed by atoms with Crippen LogP contribution in [0.5, 0.6) is 0 Å². The van der Waals surface area contributed by atoms with Gasteiger partial charge in [0.05, 0.1) is 82.2 Å². The predicted molar refractivity (Wildman–Crippen MR) is 409 cm³/mol. The molecule has 3 saturated carbocycles. The molecule has 4 aliphatic rings. The summed E-state index contributed by atoms with van der Waals surface area (Å²) in [4.78, 5) is 0. The predicted octanol–water partition coefficient (Wildman–Crippen LogP) is 16.9. The second-order valence-electron chi connectivity index (χ2n) is 31.1. The van der Waals surface area contributed by atoms with Gasteiger partial charge in [-0.1, -0.05) is 218 Å². The van der Waals surface area contributed by atoms with Crippen molar-refractivity contribution in [3.05, 3.63) is 60.3 Å². The molecule has 572 valence electrons. The van der Waals surface area contributed by atoms with Crippen molar-refractivity contribution < 1.29 is 54.3 Å². The Bertz CT molecular complexity index is 1950. The van der Waals surface area contributed by atoms with E-state index in [9.17, 15) is 5.11 Å². The highest BCUT2D eigenvalue weighted by atomic mass is 16.5. The van der Waals surface area contributed by atoms with E-state index >= 15 is 0 Å². The lowest BCUT2D eigenvalue weighted by atomic mass is 9.47. The quantitative estimate of drug-likeness (QED) is 0.0203. The van der Waals surface area contributed by atoms with Crippen molar-refractivity contribution in [2.45, 2.75) is 322 Å². The Labute approximate surface area is 597 Å². The average Bonchev–Trinajstić information content (AvgIpc) is 1.70. The molecule has 12 N–H and O–H groups in total. The van der Waals surface area contributed by atoms with Crippen LogP contribution >= 0.6 is 0 Å². The van der Waals surface area contributed by atoms with Crippen molar-refractivity contribution >= 4 is 0 Å². The minimum Gasteiger partial charge on any atom is -0.394 e. The van der Waals surface area contributed by atoms with Crippen LogP contribution in [0.2, 0.25) is 0 Å². The highest BCUT2D eigenvalue weighted by molar-refractivity contribution is 5.25. The maximum Gasteiger partial charge on any atom is 0.0862 e. The van der Waals surface area contributed by atoms with Crippen LogP contribution in [0.15, 0.2) is 60.3 Å². The van der Waals surface area contributed by atoms with Gasteiger partial charge in [-0.3, -0.25) is 0 Å². The van der Waals surface area contributed by atoms with Crippen molar-refractivity contribution in [3.63, 3.8) is 0 Å². The first kappa shape index (κ1) is 93.2. The molecule has 6 unspecified atom stereocenters. The zero-order chi connectivity index (χ0) is 71.8. The van der Waals surface area contributed by atoms with Gasteiger partial charge in [0.2, 0.25) is 0 Å². The molecule has 3 fully saturated rings. The standard InChI is InChI=1S/C52H93NO4.C22H43NO3.C5H12O.C4H11NO3/c1-7-8-9-10-11-12-13-14-15-16-17-18-19-20-21-22-35-55-40-52(53,39-54)41-56-36-24-37-57-45-31-33-50(5)44(38-45)27-28-46-48-30-29-47(43(4)26-23-25-42(2)3)51(48,6)34-32-49(46)50;1-2-3-4-5-6-7-8-9-10-11-12-13-14-15-16-17-18-26-21-22(23,19-24)20-25;1-3-4-5-6-2;5-4(1-6,2-7)3-8/h11-12,14-15,27,42-43,45-49,54H,7-10,13,16-26,28-41,53H2,1-6H3;6-7,9-10,24-25H,2-5,8,11-21,23H2,1H3;3-5H2,1-2H3;6-8H,1-3,5H2/b12-11-,15-14-;7-6-,10-9-;;/t43?,45-,46?,47?,48?,49?,50-,51+,52?;;;/m0.../s1. The normalized spacial score (nSPS) is 22.8. The van der Waals surface area contributed by atoms with Crippen LogP contribution in [0.4, 0.5) is 0 Å². The smallest absolute Gasteiger partial charge is 0.0862 e. The van der Waals surface area contributed by atoms with Crippen LogP contribution < -0.4 is 17.2 Å². The van der Waals surface area contributed by atoms with Crippen molar-refractivity contribution in [2.24, 2.45) is 63.5 Å². The van der Waals surface area contributed by atoms with Gasteiger partial charge in [0.1, 0.15) is 0 Å². The third-order valence-electron chi connectivity index (χ3n) is 21.8. The van der Waals surface area contributed by atoms with Crippen molar-refractivity contribution in [1.29, 1.82) is 0 Å². The molecule has 14 heteroatoms. The van der Waals surface area contributed by atoms with E-state index in [1.54, 1.807) is 12.7 Å². The van der Waals surface area contributed by atoms with Gasteiger partial charge in [-0.05, 0) is 188 Å². The Kier molecular flexibility index (Phi) is 56.2. The van der Waals surface area contributed by atoms with E-state index in [0.717, 1.165) is 93.7 Å². The third kappa shape index (κ3) is 41.3. The SMILES string of the molecule is CCCCC/C=C\C/C=C\CCCCCCCCOCC(N)(CO)CO.CCCCC/C=C\C/C=C\CCCCCCCCOCC(N)(CO)COCCCO[C@H]1CC[C@@]2(C)C(=CCC3C4CCC(C(C)CCCC(C)C)[C@@]4(C)CCC32)C1.CCCCOC.NC(CO)(CO)CO. The largest absolute Gasteiger partial charge is 0.394 e. The van der Waals surface area contributed by atoms with Crippen molar-refractivity contribution in [3.8, 4) is 0 Å². The molecule has 0 spiro atoms. The molecule has 0 bridgehead atoms. The number of hydrogen-bond donors (Lipinski definition) is 9. The van der Waals surface area contributed by atoms with Gasteiger partial charge in [0.15, 0.2) is 0 Å². The summed E-state index contributed by atoms with van der Waals surface area (Å²) in [6.45, 7) is 21.9. The number of ether oxygens (including phenoxy) is 5. The fourth-order valence-electron chi connectivity index (χ4n) is 15.1. The maximum absolute atomic E-state index is 10.0. The molecule has 0 aromatic rings. The fraction of sp³-hybridized carbons (Fsp3) is 0.880. The Morgan fingerprint density at radius 3 is 1.37 bits per heavy atom. The van der Waals surface area contributed by atoms with Crippen LogP contribution in [0.25, 0.3) is 0 Å². The number of hydrogen-bond acceptors (Lipinski definition) is 14. The minimum atomic E-state index is -1.21. The summed E-state index contributed by atoms with van der Waals surface area (Å²) in [5.74, 6) is 5.30. The van der Waals surface area contributed by atoms with Crippen molar-refractivity contribution in [2.75, 3.05) is 99.6 Å². The van der Waals surface area contributed by atoms with Gasteiger partial charge in [0.25, 0.3) is 0 Å². The summed E-state index contributed by atoms with van der Waals surface area (Å²) in [6, 6.07) is 0. The number of allylic oxidation sites excluding steroid dienone is 9. The first-order chi connectivity index (χ1) is 46.8. The summed E-state index contributed by atoms with van der Waals surface area (Å²) in [7, 11) is 1.73. The average molecular weight is 1380 g/mol. The fourth-order valence-corrected chi connectivity index (χ4v) is 15.1. The van der Waals surface area contributed by atoms with Crippen LogP contribution in [-0.2, 0) is 23.7 Å². The van der Waals surface area contributed by atoms with Crippen LogP contribution in [0.3, 0.4) is 0 Å². The molecule has 9 atom stereocenters. The number of methoxy groups -OCH3 is 1. The second-order valence-corrected chi connectivity index (χ2v) is 31.1. The summed E-state index contributed by atoms with van der Waals surface area (Å²) >= 11 is 0. The van der Waals surface area contributed by atoms with Crippen LogP contribution in [0.1, 0.15) is 299 Å². The van der Waals surface area contributed by atoms with Crippen LogP contribution in [-0.4, -0.2) is 153 Å². The Hall–Kier alpha value is -1.86. The molecule has 0 radical (unpaired) electrons. The molecule has 0 aromatic carbocycles. The maximum atomic E-state index is 10.0. The van der Waals surface area contributed by atoms with E-state index in [2.05, 4.69) is 110 Å². The van der Waals surface area contributed by atoms with E-state index in [-0.39, 0.29) is 26.4 Å². The molecule has 14 nitrogen and oxygen atoms in total. The molecule has 97 heavy (non-hydrogen) atoms. The highest BCUT2D eigenvalue weighted by Gasteiger charge is 2.59. The lowest BCUT2D eigenvalue weighted by Gasteiger charge is -2.58. The highest BCUT2D eigenvalue weighted by Crippen LogP contribution is 2.67. The van der Waals surface area contributed by atoms with E-state index < -0.39 is 36.4 Å². The molecule has 4 aliphatic carbocycles. The van der Waals surface area contributed by atoms with Gasteiger partial charge in [0, 0.05) is 40.1 Å². The zero-order valence-electron chi connectivity index (χ0n) is 64.5. The molecule has 0 heterocycles. The third-order valence-corrected chi connectivity index (χ3v) is 21.8. The number of aliphatic hydroxyl groups excluding tert-OH is 6. The first-order valence-corrected chi connectivity index (χ1v) is 40.0. The lowest BCUT2D eigenvalue weighted by molar-refractivity contribution is -0.0655. The summed E-state index contributed by atoms with van der Waals surface area (Å²) in [6.07, 6.45) is 69.2. The topological polar surface area (TPSA) is 246 Å². The summed E-state index contributed by atoms with van der Waals surface area (Å²) in [5.41, 5.74) is 16.9. The summed E-state index contributed by atoms with van der Waals surface area (Å²) in [5, 5.41) is 53.1. The Morgan fingerprint density at radius 1 is 0.474 bits per heavy atom. The number of fused-ring (bicyclic) bond motifs is 5. The molecular formula is C83H159N3O11. The molecule has 0 aromatic heterocycles. The number of unbranched alkanes of at least 4 members (excludes halogenated alkanes) is 19. The Morgan fingerprint density at radius 2 is 0.928 bits per heavy atom. The molecule has 4 rings (SSSR count). The van der Waals surface area contributed by atoms with E-state index in [4.69, 9.17) is 66.4 Å². The van der Waals surface area contributed by atoms with E-state index in [1.807, 2.05) is 0 Å². The number of rotatable bonds is 55. The van der Waals surface area contributed by atoms with Gasteiger partial charge in [-0.25, -0.2) is 0 Å². The second kappa shape index (κ2) is 58.5. The van der Waals surface area contributed by atoms with Crippen molar-refractivity contribution in [1.82, 2.24) is 0 Å². The van der Waals surface area contributed by atoms with Gasteiger partial charge in [-0.15, -0.1) is 0 Å². The van der Waals surface area contributed by atoms with Gasteiger partial charge in [-0.2, -0.15) is 0 Å². The summed E-state index contributed by atoms with van der Waals surface area (Å²) < 4.78 is 28.6. The van der Waals surface area contributed by atoms with Gasteiger partial charge < -0.3 is 71.5 Å².